The van der Waals surface area contributed by atoms with Gasteiger partial charge in [-0.2, -0.15) is 23.5 Å². The van der Waals surface area contributed by atoms with Crippen molar-refractivity contribution in [2.75, 3.05) is 5.32 Å². The van der Waals surface area contributed by atoms with Crippen LogP contribution in [0.3, 0.4) is 0 Å². The molecule has 0 aliphatic carbocycles. The van der Waals surface area contributed by atoms with Crippen LogP contribution in [0.25, 0.3) is 5.69 Å². The third-order valence-electron chi connectivity index (χ3n) is 5.80. The second-order valence-electron chi connectivity index (χ2n) is 9.29. The highest BCUT2D eigenvalue weighted by Crippen LogP contribution is 2.28. The van der Waals surface area contributed by atoms with Gasteiger partial charge in [0.05, 0.1) is 40.8 Å². The zero-order valence-electron chi connectivity index (χ0n) is 21.9. The van der Waals surface area contributed by atoms with Crippen LogP contribution in [-0.2, 0) is 12.7 Å². The van der Waals surface area contributed by atoms with Crippen LogP contribution in [0.4, 0.5) is 18.9 Å². The van der Waals surface area contributed by atoms with E-state index in [4.69, 9.17) is 0 Å². The predicted molar refractivity (Wildman–Crippen MR) is 137 cm³/mol. The molecular weight excluding hydrogens is 527 g/mol. The van der Waals surface area contributed by atoms with Crippen molar-refractivity contribution in [1.82, 2.24) is 35.3 Å². The van der Waals surface area contributed by atoms with Gasteiger partial charge in [0, 0.05) is 6.04 Å². The number of nitriles is 1. The molecule has 0 fully saturated rings. The lowest BCUT2D eigenvalue weighted by Crippen LogP contribution is -2.31. The summed E-state index contributed by atoms with van der Waals surface area (Å²) in [7, 11) is 0. The van der Waals surface area contributed by atoms with Gasteiger partial charge < -0.3 is 10.6 Å². The third-order valence-corrected chi connectivity index (χ3v) is 5.80. The highest BCUT2D eigenvalue weighted by atomic mass is 19.4. The number of alkyl halides is 3. The molecule has 0 aliphatic rings. The number of nitrogens with one attached hydrogen (secondary N) is 2. The molecule has 11 nitrogen and oxygen atoms in total. The van der Waals surface area contributed by atoms with Gasteiger partial charge in [0.1, 0.15) is 5.69 Å². The Morgan fingerprint density at radius 2 is 1.80 bits per heavy atom. The summed E-state index contributed by atoms with van der Waals surface area (Å²) in [6, 6.07) is 13.0. The molecule has 2 aromatic carbocycles. The molecule has 2 N–H and O–H groups in total. The fourth-order valence-electron chi connectivity index (χ4n) is 4.04. The number of amides is 2. The molecule has 0 atom stereocenters. The molecule has 0 aliphatic heterocycles. The lowest BCUT2D eigenvalue weighted by Gasteiger charge is -2.16. The van der Waals surface area contributed by atoms with Crippen LogP contribution < -0.4 is 10.6 Å². The van der Waals surface area contributed by atoms with E-state index in [-0.39, 0.29) is 34.2 Å². The summed E-state index contributed by atoms with van der Waals surface area (Å²) in [5, 5.41) is 28.9. The van der Waals surface area contributed by atoms with Crippen LogP contribution in [0.1, 0.15) is 62.9 Å². The van der Waals surface area contributed by atoms with Crippen molar-refractivity contribution in [3.05, 3.63) is 81.9 Å². The smallest absolute Gasteiger partial charge is 0.350 e. The molecule has 0 saturated carbocycles. The van der Waals surface area contributed by atoms with Crippen LogP contribution in [0.15, 0.2) is 42.5 Å². The molecule has 14 heteroatoms. The van der Waals surface area contributed by atoms with Gasteiger partial charge in [0.15, 0.2) is 0 Å². The Hall–Kier alpha value is -5.06. The predicted octanol–water partition coefficient (Wildman–Crippen LogP) is 3.80. The number of aryl methyl sites for hydroxylation is 2. The minimum Gasteiger partial charge on any atom is -0.350 e. The van der Waals surface area contributed by atoms with Crippen molar-refractivity contribution < 1.29 is 22.8 Å². The number of hydrogen-bond donors (Lipinski definition) is 2. The van der Waals surface area contributed by atoms with E-state index >= 15 is 0 Å². The minimum atomic E-state index is -4.79. The monoisotopic (exact) mass is 551 g/mol. The maximum absolute atomic E-state index is 13.7. The van der Waals surface area contributed by atoms with Crippen LogP contribution in [0, 0.1) is 25.2 Å². The lowest BCUT2D eigenvalue weighted by molar-refractivity contribution is -0.147. The number of anilines is 1. The standard InChI is InChI=1S/C26H24F3N9O2/c1-14(2)31-23(39)19-10-17(12-30)9-16(4)22(19)32-24(40)21-11-18(13-37-25(26(27,28)29)33-35-36-37)34-38(21)20-8-6-5-7-15(20)3/h5-11,14H,13H2,1-4H3,(H,31,39)(H,32,40). The first-order valence-corrected chi connectivity index (χ1v) is 12.0. The van der Waals surface area contributed by atoms with Gasteiger partial charge in [0.25, 0.3) is 17.6 Å². The van der Waals surface area contributed by atoms with Gasteiger partial charge in [-0.05, 0) is 73.5 Å². The largest absolute Gasteiger partial charge is 0.453 e. The Balaban J connectivity index is 1.78. The Bertz CT molecular complexity index is 1630. The van der Waals surface area contributed by atoms with Crippen LogP contribution in [0.5, 0.6) is 0 Å². The summed E-state index contributed by atoms with van der Waals surface area (Å²) in [6.07, 6.45) is -4.79. The fraction of sp³-hybridized carbons (Fsp3) is 0.269. The molecule has 2 amide bonds. The Morgan fingerprint density at radius 3 is 2.45 bits per heavy atom. The van der Waals surface area contributed by atoms with E-state index in [1.165, 1.54) is 22.9 Å². The van der Waals surface area contributed by atoms with Gasteiger partial charge in [-0.25, -0.2) is 9.36 Å². The number of carbonyl (C=O) groups excluding carboxylic acids is 2. The molecular formula is C26H24F3N9O2. The number of benzene rings is 2. The Kier molecular flexibility index (Phi) is 7.67. The van der Waals surface area contributed by atoms with E-state index in [9.17, 15) is 28.0 Å². The van der Waals surface area contributed by atoms with Gasteiger partial charge in [0.2, 0.25) is 0 Å². The molecule has 0 bridgehead atoms. The number of carbonyl (C=O) groups is 2. The number of nitrogens with zero attached hydrogens (tertiary/aromatic N) is 7. The summed E-state index contributed by atoms with van der Waals surface area (Å²) in [4.78, 5) is 26.6. The molecule has 4 rings (SSSR count). The van der Waals surface area contributed by atoms with Gasteiger partial charge in [-0.3, -0.25) is 9.59 Å². The van der Waals surface area contributed by atoms with Gasteiger partial charge >= 0.3 is 6.18 Å². The zero-order valence-corrected chi connectivity index (χ0v) is 21.9. The molecule has 0 saturated heterocycles. The van der Waals surface area contributed by atoms with E-state index in [1.807, 2.05) is 6.07 Å². The van der Waals surface area contributed by atoms with Crippen molar-refractivity contribution in [3.8, 4) is 11.8 Å². The molecule has 2 heterocycles. The van der Waals surface area contributed by atoms with E-state index in [2.05, 4.69) is 31.3 Å². The topological polar surface area (TPSA) is 143 Å². The highest BCUT2D eigenvalue weighted by molar-refractivity contribution is 6.09. The van der Waals surface area contributed by atoms with E-state index in [0.29, 0.717) is 15.9 Å². The number of rotatable bonds is 7. The maximum Gasteiger partial charge on any atom is 0.453 e. The normalized spacial score (nSPS) is 11.4. The number of tetrazole rings is 1. The molecule has 4 aromatic rings. The van der Waals surface area contributed by atoms with Gasteiger partial charge in [-0.1, -0.05) is 18.2 Å². The maximum atomic E-state index is 13.7. The van der Waals surface area contributed by atoms with E-state index in [1.54, 1.807) is 52.0 Å². The van der Waals surface area contributed by atoms with Crippen molar-refractivity contribution >= 4 is 17.5 Å². The summed E-state index contributed by atoms with van der Waals surface area (Å²) in [6.45, 7) is 6.52. The highest BCUT2D eigenvalue weighted by Gasteiger charge is 2.38. The van der Waals surface area contributed by atoms with E-state index in [0.717, 1.165) is 5.56 Å². The second kappa shape index (κ2) is 11.0. The molecule has 0 radical (unpaired) electrons. The number of aromatic nitrogens is 6. The van der Waals surface area contributed by atoms with Crippen LogP contribution in [0.2, 0.25) is 0 Å². The molecule has 206 valence electrons. The van der Waals surface area contributed by atoms with E-state index < -0.39 is 30.4 Å². The summed E-state index contributed by atoms with van der Waals surface area (Å²) in [5.41, 5.74) is 2.30. The zero-order chi connectivity index (χ0) is 29.2. The van der Waals surface area contributed by atoms with Gasteiger partial charge in [-0.15, -0.1) is 5.10 Å². The molecule has 2 aromatic heterocycles. The summed E-state index contributed by atoms with van der Waals surface area (Å²) < 4.78 is 41.8. The number of para-hydroxylation sites is 1. The Morgan fingerprint density at radius 1 is 1.07 bits per heavy atom. The first-order chi connectivity index (χ1) is 18.9. The average Bonchev–Trinajstić information content (AvgIpc) is 3.52. The molecule has 40 heavy (non-hydrogen) atoms. The first kappa shape index (κ1) is 28.0. The Labute approximate surface area is 226 Å². The van der Waals surface area contributed by atoms with Crippen molar-refractivity contribution in [2.45, 2.75) is 46.5 Å². The first-order valence-electron chi connectivity index (χ1n) is 12.0. The third kappa shape index (κ3) is 5.83. The fourth-order valence-corrected chi connectivity index (χ4v) is 4.04. The van der Waals surface area contributed by atoms with Crippen molar-refractivity contribution in [1.29, 1.82) is 5.26 Å². The number of halogens is 3. The van der Waals surface area contributed by atoms with Crippen molar-refractivity contribution in [3.63, 3.8) is 0 Å². The summed E-state index contributed by atoms with van der Waals surface area (Å²) >= 11 is 0. The van der Waals surface area contributed by atoms with Crippen molar-refractivity contribution in [2.24, 2.45) is 0 Å². The SMILES string of the molecule is Cc1ccccc1-n1nc(Cn2nnnc2C(F)(F)F)cc1C(=O)Nc1c(C)cc(C#N)cc1C(=O)NC(C)C. The quantitative estimate of drug-likeness (QED) is 0.356. The second-order valence-corrected chi connectivity index (χ2v) is 9.29. The summed E-state index contributed by atoms with van der Waals surface area (Å²) in [5.74, 6) is -2.48. The lowest BCUT2D eigenvalue weighted by atomic mass is 10.0. The molecule has 0 spiro atoms. The minimum absolute atomic E-state index is 0.00934. The number of hydrogen-bond acceptors (Lipinski definition) is 7. The van der Waals surface area contributed by atoms with Crippen LogP contribution in [-0.4, -0.2) is 47.8 Å². The molecule has 0 unspecified atom stereocenters. The average molecular weight is 552 g/mol. The van der Waals surface area contributed by atoms with Crippen LogP contribution >= 0.6 is 0 Å².